The van der Waals surface area contributed by atoms with Gasteiger partial charge in [0.05, 0.1) is 5.56 Å². The third kappa shape index (κ3) is 2.78. The number of carboxylic acids is 1. The summed E-state index contributed by atoms with van der Waals surface area (Å²) in [6.07, 6.45) is 7.48. The highest BCUT2D eigenvalue weighted by Gasteiger charge is 2.17. The van der Waals surface area contributed by atoms with Gasteiger partial charge in [0.2, 0.25) is 0 Å². The van der Waals surface area contributed by atoms with Gasteiger partial charge in [0.1, 0.15) is 0 Å². The highest BCUT2D eigenvalue weighted by molar-refractivity contribution is 5.89. The second kappa shape index (κ2) is 5.21. The zero-order chi connectivity index (χ0) is 12.3. The number of rotatable bonds is 2. The maximum atomic E-state index is 10.8. The topological polar surface area (TPSA) is 63.3 Å². The Balaban J connectivity index is 2.22. The van der Waals surface area contributed by atoms with Crippen LogP contribution in [0, 0.1) is 0 Å². The van der Waals surface area contributed by atoms with Gasteiger partial charge < -0.3 is 10.8 Å². The van der Waals surface area contributed by atoms with E-state index in [2.05, 4.69) is 0 Å². The first-order valence-electron chi connectivity index (χ1n) is 6.31. The molecule has 0 radical (unpaired) electrons. The van der Waals surface area contributed by atoms with Crippen molar-refractivity contribution >= 4 is 11.7 Å². The van der Waals surface area contributed by atoms with Gasteiger partial charge in [0.25, 0.3) is 0 Å². The van der Waals surface area contributed by atoms with E-state index in [1.807, 2.05) is 6.07 Å². The molecule has 0 saturated heterocycles. The number of nitrogen functional groups attached to an aromatic ring is 1. The fourth-order valence-corrected chi connectivity index (χ4v) is 2.67. The minimum Gasteiger partial charge on any atom is -0.478 e. The average molecular weight is 233 g/mol. The summed E-state index contributed by atoms with van der Waals surface area (Å²) in [4.78, 5) is 10.8. The molecule has 0 aliphatic heterocycles. The Bertz CT molecular complexity index is 407. The predicted molar refractivity (Wildman–Crippen MR) is 68.3 cm³/mol. The van der Waals surface area contributed by atoms with E-state index in [1.165, 1.54) is 38.5 Å². The summed E-state index contributed by atoms with van der Waals surface area (Å²) in [5.41, 5.74) is 8.03. The van der Waals surface area contributed by atoms with Crippen molar-refractivity contribution in [2.75, 3.05) is 5.73 Å². The highest BCUT2D eigenvalue weighted by atomic mass is 16.4. The highest BCUT2D eigenvalue weighted by Crippen LogP contribution is 2.34. The lowest BCUT2D eigenvalue weighted by Gasteiger charge is -2.17. The smallest absolute Gasteiger partial charge is 0.335 e. The number of benzene rings is 1. The van der Waals surface area contributed by atoms with Crippen LogP contribution >= 0.6 is 0 Å². The van der Waals surface area contributed by atoms with Crippen molar-refractivity contribution in [3.8, 4) is 0 Å². The van der Waals surface area contributed by atoms with Gasteiger partial charge in [-0.05, 0) is 36.5 Å². The Hall–Kier alpha value is -1.51. The number of nitrogens with two attached hydrogens (primary N) is 1. The third-order valence-electron chi connectivity index (χ3n) is 3.63. The summed E-state index contributed by atoms with van der Waals surface area (Å²) >= 11 is 0. The molecule has 3 nitrogen and oxygen atoms in total. The molecule has 17 heavy (non-hydrogen) atoms. The fourth-order valence-electron chi connectivity index (χ4n) is 2.67. The van der Waals surface area contributed by atoms with Crippen molar-refractivity contribution in [3.63, 3.8) is 0 Å². The van der Waals surface area contributed by atoms with E-state index in [0.717, 1.165) is 5.56 Å². The number of hydrogen-bond acceptors (Lipinski definition) is 2. The molecule has 1 aliphatic rings. The van der Waals surface area contributed by atoms with Gasteiger partial charge in [-0.3, -0.25) is 0 Å². The minimum atomic E-state index is -0.913. The van der Waals surface area contributed by atoms with Crippen LogP contribution in [0.5, 0.6) is 0 Å². The largest absolute Gasteiger partial charge is 0.478 e. The van der Waals surface area contributed by atoms with E-state index in [4.69, 9.17) is 10.8 Å². The summed E-state index contributed by atoms with van der Waals surface area (Å²) in [7, 11) is 0. The van der Waals surface area contributed by atoms with Gasteiger partial charge in [-0.2, -0.15) is 0 Å². The van der Waals surface area contributed by atoms with E-state index in [1.54, 1.807) is 12.1 Å². The van der Waals surface area contributed by atoms with Gasteiger partial charge in [-0.25, -0.2) is 4.79 Å². The first-order chi connectivity index (χ1) is 8.18. The fraction of sp³-hybridized carbons (Fsp3) is 0.500. The Kier molecular flexibility index (Phi) is 3.67. The van der Waals surface area contributed by atoms with Gasteiger partial charge in [0.15, 0.2) is 0 Å². The summed E-state index contributed by atoms with van der Waals surface area (Å²) in [5, 5.41) is 8.90. The molecule has 0 atom stereocenters. The van der Waals surface area contributed by atoms with Crippen molar-refractivity contribution in [1.29, 1.82) is 0 Å². The third-order valence-corrected chi connectivity index (χ3v) is 3.63. The predicted octanol–water partition coefficient (Wildman–Crippen LogP) is 3.40. The van der Waals surface area contributed by atoms with Crippen molar-refractivity contribution in [2.24, 2.45) is 0 Å². The lowest BCUT2D eigenvalue weighted by molar-refractivity contribution is 0.0697. The maximum Gasteiger partial charge on any atom is 0.335 e. The molecule has 0 aromatic heterocycles. The minimum absolute atomic E-state index is 0.278. The number of carbonyl (C=O) groups is 1. The molecule has 1 aromatic carbocycles. The van der Waals surface area contributed by atoms with Crippen molar-refractivity contribution < 1.29 is 9.90 Å². The number of aromatic carboxylic acids is 1. The van der Waals surface area contributed by atoms with Crippen LogP contribution in [-0.4, -0.2) is 11.1 Å². The van der Waals surface area contributed by atoms with Crippen LogP contribution in [0.3, 0.4) is 0 Å². The Morgan fingerprint density at radius 1 is 1.18 bits per heavy atom. The van der Waals surface area contributed by atoms with Crippen LogP contribution in [0.4, 0.5) is 5.69 Å². The van der Waals surface area contributed by atoms with Crippen LogP contribution in [-0.2, 0) is 0 Å². The second-order valence-corrected chi connectivity index (χ2v) is 4.84. The van der Waals surface area contributed by atoms with Crippen molar-refractivity contribution in [1.82, 2.24) is 0 Å². The zero-order valence-electron chi connectivity index (χ0n) is 9.98. The van der Waals surface area contributed by atoms with Crippen molar-refractivity contribution in [3.05, 3.63) is 29.3 Å². The summed E-state index contributed by atoms with van der Waals surface area (Å²) < 4.78 is 0. The van der Waals surface area contributed by atoms with E-state index in [-0.39, 0.29) is 5.56 Å². The molecule has 3 N–H and O–H groups in total. The molecule has 1 fully saturated rings. The van der Waals surface area contributed by atoms with E-state index < -0.39 is 5.97 Å². The second-order valence-electron chi connectivity index (χ2n) is 4.84. The molecular weight excluding hydrogens is 214 g/mol. The van der Waals surface area contributed by atoms with Gasteiger partial charge in [-0.1, -0.05) is 31.7 Å². The lowest BCUT2D eigenvalue weighted by Crippen LogP contribution is -2.05. The number of hydrogen-bond donors (Lipinski definition) is 2. The van der Waals surface area contributed by atoms with Crippen molar-refractivity contribution in [2.45, 2.75) is 44.4 Å². The average Bonchev–Trinajstić information content (AvgIpc) is 2.57. The monoisotopic (exact) mass is 233 g/mol. The molecule has 1 aromatic rings. The molecule has 1 saturated carbocycles. The van der Waals surface area contributed by atoms with E-state index in [9.17, 15) is 4.79 Å². The standard InChI is InChI=1S/C14H19NO2/c15-13-9-11(14(16)17)7-8-12(13)10-5-3-1-2-4-6-10/h7-10H,1-6,15H2,(H,16,17). The first kappa shape index (κ1) is 12.0. The SMILES string of the molecule is Nc1cc(C(=O)O)ccc1C1CCCCCC1. The van der Waals surface area contributed by atoms with Crippen LogP contribution in [0.2, 0.25) is 0 Å². The molecule has 0 heterocycles. The van der Waals surface area contributed by atoms with Gasteiger partial charge in [-0.15, -0.1) is 0 Å². The molecule has 0 unspecified atom stereocenters. The lowest BCUT2D eigenvalue weighted by atomic mass is 9.90. The number of carboxylic acid groups (broad SMARTS) is 1. The van der Waals surface area contributed by atoms with Crippen LogP contribution < -0.4 is 5.73 Å². The molecule has 92 valence electrons. The number of anilines is 1. The van der Waals surface area contributed by atoms with Crippen LogP contribution in [0.1, 0.15) is 60.4 Å². The summed E-state index contributed by atoms with van der Waals surface area (Å²) in [6.45, 7) is 0. The summed E-state index contributed by atoms with van der Waals surface area (Å²) in [5.74, 6) is -0.399. The van der Waals surface area contributed by atoms with Crippen LogP contribution in [0.25, 0.3) is 0 Å². The van der Waals surface area contributed by atoms with E-state index >= 15 is 0 Å². The Morgan fingerprint density at radius 3 is 2.35 bits per heavy atom. The summed E-state index contributed by atoms with van der Waals surface area (Å²) in [6, 6.07) is 5.15. The van der Waals surface area contributed by atoms with Gasteiger partial charge >= 0.3 is 5.97 Å². The molecular formula is C14H19NO2. The van der Waals surface area contributed by atoms with Crippen LogP contribution in [0.15, 0.2) is 18.2 Å². The Morgan fingerprint density at radius 2 is 1.82 bits per heavy atom. The first-order valence-corrected chi connectivity index (χ1v) is 6.31. The normalized spacial score (nSPS) is 17.6. The Labute approximate surface area is 102 Å². The molecule has 3 heteroatoms. The maximum absolute atomic E-state index is 10.8. The quantitative estimate of drug-likeness (QED) is 0.607. The molecule has 0 amide bonds. The molecule has 1 aliphatic carbocycles. The zero-order valence-corrected chi connectivity index (χ0v) is 9.98. The molecule has 2 rings (SSSR count). The molecule has 0 spiro atoms. The molecule has 0 bridgehead atoms. The van der Waals surface area contributed by atoms with Gasteiger partial charge in [0, 0.05) is 5.69 Å². The van der Waals surface area contributed by atoms with E-state index in [0.29, 0.717) is 11.6 Å².